The number of benzene rings is 1. The zero-order valence-electron chi connectivity index (χ0n) is 16.1. The third-order valence-electron chi connectivity index (χ3n) is 4.77. The van der Waals surface area contributed by atoms with Crippen LogP contribution in [0, 0.1) is 6.92 Å². The molecule has 0 bridgehead atoms. The van der Waals surface area contributed by atoms with Crippen molar-refractivity contribution in [2.45, 2.75) is 51.5 Å². The van der Waals surface area contributed by atoms with Gasteiger partial charge in [0.2, 0.25) is 0 Å². The Labute approximate surface area is 162 Å². The molecule has 4 rings (SSSR count). The van der Waals surface area contributed by atoms with Crippen molar-refractivity contribution >= 4 is 22.8 Å². The van der Waals surface area contributed by atoms with Crippen LogP contribution in [-0.2, 0) is 17.8 Å². The number of pyridine rings is 1. The second kappa shape index (κ2) is 6.77. The summed E-state index contributed by atoms with van der Waals surface area (Å²) >= 11 is 1.55. The molecule has 0 saturated heterocycles. The van der Waals surface area contributed by atoms with E-state index in [1.54, 1.807) is 16.3 Å². The van der Waals surface area contributed by atoms with Gasteiger partial charge in [0.05, 0.1) is 29.0 Å². The van der Waals surface area contributed by atoms with Gasteiger partial charge in [-0.2, -0.15) is 0 Å². The van der Waals surface area contributed by atoms with Crippen LogP contribution in [0.2, 0.25) is 0 Å². The molecule has 1 aliphatic heterocycles. The lowest BCUT2D eigenvalue weighted by Crippen LogP contribution is -2.33. The minimum absolute atomic E-state index is 0.0834. The quantitative estimate of drug-likeness (QED) is 0.506. The summed E-state index contributed by atoms with van der Waals surface area (Å²) in [6, 6.07) is 9.84. The molecule has 3 aromatic rings. The monoisotopic (exact) mass is 381 g/mol. The maximum atomic E-state index is 13.4. The SMILES string of the molecule is CCSc1nc2nc3c(cc2c(=O)n1-c1ccc(C)cc1)COC(C)(C)C3. The predicted octanol–water partition coefficient (Wildman–Crippen LogP) is 4.05. The topological polar surface area (TPSA) is 57.0 Å². The van der Waals surface area contributed by atoms with Gasteiger partial charge in [-0.3, -0.25) is 9.36 Å². The zero-order valence-corrected chi connectivity index (χ0v) is 16.9. The van der Waals surface area contributed by atoms with Crippen molar-refractivity contribution in [1.29, 1.82) is 0 Å². The summed E-state index contributed by atoms with van der Waals surface area (Å²) in [6.07, 6.45) is 0.719. The van der Waals surface area contributed by atoms with Crippen LogP contribution >= 0.6 is 11.8 Å². The van der Waals surface area contributed by atoms with Crippen LogP contribution in [-0.4, -0.2) is 25.9 Å². The molecule has 5 nitrogen and oxygen atoms in total. The molecule has 0 saturated carbocycles. The highest BCUT2D eigenvalue weighted by Gasteiger charge is 2.28. The van der Waals surface area contributed by atoms with Crippen LogP contribution in [0.5, 0.6) is 0 Å². The fourth-order valence-electron chi connectivity index (χ4n) is 3.33. The van der Waals surface area contributed by atoms with E-state index in [0.717, 1.165) is 34.7 Å². The van der Waals surface area contributed by atoms with Gasteiger partial charge in [-0.1, -0.05) is 36.4 Å². The first-order valence-electron chi connectivity index (χ1n) is 9.17. The van der Waals surface area contributed by atoms with E-state index in [4.69, 9.17) is 14.7 Å². The van der Waals surface area contributed by atoms with Crippen molar-refractivity contribution in [3.63, 3.8) is 0 Å². The van der Waals surface area contributed by atoms with Crippen LogP contribution in [0.15, 0.2) is 40.3 Å². The lowest BCUT2D eigenvalue weighted by atomic mass is 9.95. The van der Waals surface area contributed by atoms with Gasteiger partial charge in [0.15, 0.2) is 10.8 Å². The normalized spacial score (nSPS) is 15.7. The largest absolute Gasteiger partial charge is 0.370 e. The molecule has 0 spiro atoms. The summed E-state index contributed by atoms with van der Waals surface area (Å²) in [5.41, 5.74) is 4.13. The highest BCUT2D eigenvalue weighted by molar-refractivity contribution is 7.99. The molecule has 1 aromatic carbocycles. The summed E-state index contributed by atoms with van der Waals surface area (Å²) in [5, 5.41) is 1.22. The minimum atomic E-state index is -0.244. The molecule has 0 atom stereocenters. The Hall–Kier alpha value is -2.18. The molecule has 0 aliphatic carbocycles. The van der Waals surface area contributed by atoms with E-state index >= 15 is 0 Å². The Morgan fingerprint density at radius 3 is 2.67 bits per heavy atom. The molecule has 1 aliphatic rings. The number of fused-ring (bicyclic) bond motifs is 2. The van der Waals surface area contributed by atoms with Gasteiger partial charge in [0, 0.05) is 12.0 Å². The van der Waals surface area contributed by atoms with Gasteiger partial charge in [-0.25, -0.2) is 9.97 Å². The second-order valence-corrected chi connectivity index (χ2v) is 8.73. The predicted molar refractivity (Wildman–Crippen MR) is 109 cm³/mol. The van der Waals surface area contributed by atoms with Crippen molar-refractivity contribution in [2.75, 3.05) is 5.75 Å². The fraction of sp³-hybridized carbons (Fsp3) is 0.381. The van der Waals surface area contributed by atoms with E-state index in [2.05, 4.69) is 20.8 Å². The number of hydrogen-bond donors (Lipinski definition) is 0. The number of aryl methyl sites for hydroxylation is 1. The number of ether oxygens (including phenoxy) is 1. The molecule has 6 heteroatoms. The summed E-state index contributed by atoms with van der Waals surface area (Å²) in [6.45, 7) is 8.68. The number of rotatable bonds is 3. The van der Waals surface area contributed by atoms with Crippen molar-refractivity contribution in [3.8, 4) is 5.69 Å². The average Bonchev–Trinajstić information content (AvgIpc) is 2.61. The molecule has 0 N–H and O–H groups in total. The third kappa shape index (κ3) is 3.39. The molecule has 27 heavy (non-hydrogen) atoms. The zero-order chi connectivity index (χ0) is 19.2. The Morgan fingerprint density at radius 1 is 1.22 bits per heavy atom. The third-order valence-corrected chi connectivity index (χ3v) is 5.60. The van der Waals surface area contributed by atoms with E-state index in [-0.39, 0.29) is 11.2 Å². The maximum absolute atomic E-state index is 13.4. The number of aromatic nitrogens is 3. The molecule has 0 amide bonds. The van der Waals surface area contributed by atoms with Crippen LogP contribution in [0.1, 0.15) is 37.6 Å². The first-order valence-corrected chi connectivity index (χ1v) is 10.2. The number of hydrogen-bond acceptors (Lipinski definition) is 5. The fourth-order valence-corrected chi connectivity index (χ4v) is 4.05. The minimum Gasteiger partial charge on any atom is -0.370 e. The van der Waals surface area contributed by atoms with Gasteiger partial charge in [0.1, 0.15) is 0 Å². The lowest BCUT2D eigenvalue weighted by molar-refractivity contribution is -0.0411. The van der Waals surface area contributed by atoms with Crippen LogP contribution in [0.3, 0.4) is 0 Å². The van der Waals surface area contributed by atoms with Crippen LogP contribution in [0.4, 0.5) is 0 Å². The smallest absolute Gasteiger partial charge is 0.268 e. The Bertz CT molecular complexity index is 1070. The van der Waals surface area contributed by atoms with E-state index in [9.17, 15) is 4.79 Å². The number of nitrogens with zero attached hydrogens (tertiary/aromatic N) is 3. The molecule has 0 radical (unpaired) electrons. The van der Waals surface area contributed by atoms with Crippen LogP contribution < -0.4 is 5.56 Å². The van der Waals surface area contributed by atoms with Crippen molar-refractivity contribution in [2.24, 2.45) is 0 Å². The van der Waals surface area contributed by atoms with Gasteiger partial charge in [0.25, 0.3) is 5.56 Å². The second-order valence-electron chi connectivity index (χ2n) is 7.49. The lowest BCUT2D eigenvalue weighted by Gasteiger charge is -2.31. The molecular formula is C21H23N3O2S. The van der Waals surface area contributed by atoms with Gasteiger partial charge in [-0.05, 0) is 44.7 Å². The summed E-state index contributed by atoms with van der Waals surface area (Å²) in [7, 11) is 0. The van der Waals surface area contributed by atoms with Crippen molar-refractivity contribution in [1.82, 2.24) is 14.5 Å². The number of thioether (sulfide) groups is 1. The molecule has 0 fully saturated rings. The van der Waals surface area contributed by atoms with Gasteiger partial charge < -0.3 is 4.74 Å². The summed E-state index contributed by atoms with van der Waals surface area (Å²) in [5.74, 6) is 0.829. The molecule has 3 heterocycles. The van der Waals surface area contributed by atoms with E-state index in [1.807, 2.05) is 37.3 Å². The maximum Gasteiger partial charge on any atom is 0.268 e. The Morgan fingerprint density at radius 2 is 1.96 bits per heavy atom. The molecule has 140 valence electrons. The van der Waals surface area contributed by atoms with Crippen molar-refractivity contribution in [3.05, 3.63) is 57.5 Å². The Kier molecular flexibility index (Phi) is 4.56. The first kappa shape index (κ1) is 18.2. The van der Waals surface area contributed by atoms with E-state index in [0.29, 0.717) is 22.8 Å². The van der Waals surface area contributed by atoms with Gasteiger partial charge >= 0.3 is 0 Å². The standard InChI is InChI=1S/C21H23N3O2S/c1-5-27-20-23-18-16(10-14-12-26-21(3,4)11-17(14)22-18)19(25)24(20)15-8-6-13(2)7-9-15/h6-10H,5,11-12H2,1-4H3. The highest BCUT2D eigenvalue weighted by Crippen LogP contribution is 2.29. The first-order chi connectivity index (χ1) is 12.9. The van der Waals surface area contributed by atoms with E-state index < -0.39 is 0 Å². The molecule has 2 aromatic heterocycles. The summed E-state index contributed by atoms with van der Waals surface area (Å²) < 4.78 is 7.59. The van der Waals surface area contributed by atoms with Gasteiger partial charge in [-0.15, -0.1) is 0 Å². The highest BCUT2D eigenvalue weighted by atomic mass is 32.2. The molecular weight excluding hydrogens is 358 g/mol. The van der Waals surface area contributed by atoms with Crippen LogP contribution in [0.25, 0.3) is 16.7 Å². The molecule has 0 unspecified atom stereocenters. The average molecular weight is 382 g/mol. The van der Waals surface area contributed by atoms with E-state index in [1.165, 1.54) is 0 Å². The Balaban J connectivity index is 1.96. The summed E-state index contributed by atoms with van der Waals surface area (Å²) in [4.78, 5) is 22.9. The van der Waals surface area contributed by atoms with Crippen molar-refractivity contribution < 1.29 is 4.74 Å².